The van der Waals surface area contributed by atoms with Gasteiger partial charge in [-0.2, -0.15) is 5.26 Å². The summed E-state index contributed by atoms with van der Waals surface area (Å²) >= 11 is 6.57. The average Bonchev–Trinajstić information content (AvgIpc) is 3.22. The van der Waals surface area contributed by atoms with Crippen LogP contribution in [0.1, 0.15) is 49.3 Å². The topological polar surface area (TPSA) is 110 Å². The molecule has 2 aliphatic heterocycles. The number of unbranched alkanes of at least 4 members (excludes halogenated alkanes) is 1. The lowest BCUT2D eigenvalue weighted by molar-refractivity contribution is -0.137. The number of thioether (sulfide) groups is 1. The summed E-state index contributed by atoms with van der Waals surface area (Å²) in [4.78, 5) is 43.8. The largest absolute Gasteiger partial charge is 0.481 e. The van der Waals surface area contributed by atoms with Gasteiger partial charge in [-0.15, -0.1) is 0 Å². The summed E-state index contributed by atoms with van der Waals surface area (Å²) in [6, 6.07) is 8.44. The van der Waals surface area contributed by atoms with E-state index in [1.807, 2.05) is 6.92 Å². The van der Waals surface area contributed by atoms with Crippen LogP contribution in [-0.2, 0) is 16.1 Å². The first-order chi connectivity index (χ1) is 19.7. The summed E-state index contributed by atoms with van der Waals surface area (Å²) in [6.45, 7) is 6.80. The molecule has 4 rings (SSSR count). The van der Waals surface area contributed by atoms with E-state index in [0.717, 1.165) is 30.3 Å². The van der Waals surface area contributed by atoms with Crippen molar-refractivity contribution in [2.45, 2.75) is 46.1 Å². The van der Waals surface area contributed by atoms with E-state index in [-0.39, 0.29) is 42.2 Å². The maximum atomic E-state index is 13.5. The van der Waals surface area contributed by atoms with Gasteiger partial charge in [0.05, 0.1) is 4.91 Å². The predicted molar refractivity (Wildman–Crippen MR) is 163 cm³/mol. The zero-order chi connectivity index (χ0) is 29.7. The second kappa shape index (κ2) is 13.3. The van der Waals surface area contributed by atoms with Gasteiger partial charge in [0.1, 0.15) is 27.6 Å². The summed E-state index contributed by atoms with van der Waals surface area (Å²) < 4.78 is 15.5. The molecule has 0 bridgehead atoms. The number of thiocarbonyl (C=S) groups is 1. The molecule has 2 saturated heterocycles. The Hall–Kier alpha value is -3.69. The monoisotopic (exact) mass is 597 g/mol. The number of piperazine rings is 1. The van der Waals surface area contributed by atoms with Crippen LogP contribution in [0.5, 0.6) is 0 Å². The number of anilines is 2. The predicted octanol–water partition coefficient (Wildman–Crippen LogP) is 4.36. The fourth-order valence-electron chi connectivity index (χ4n) is 5.05. The van der Waals surface area contributed by atoms with Gasteiger partial charge >= 0.3 is 5.97 Å². The Bertz CT molecular complexity index is 1470. The number of nitriles is 1. The highest BCUT2D eigenvalue weighted by Crippen LogP contribution is 2.36. The lowest BCUT2D eigenvalue weighted by atomic mass is 10.0. The average molecular weight is 598 g/mol. The summed E-state index contributed by atoms with van der Waals surface area (Å²) in [5, 5.41) is 18.9. The molecule has 216 valence electrons. The summed E-state index contributed by atoms with van der Waals surface area (Å²) in [5.41, 5.74) is 1.72. The quantitative estimate of drug-likeness (QED) is 0.316. The third-order valence-corrected chi connectivity index (χ3v) is 8.65. The normalized spacial score (nSPS) is 16.5. The van der Waals surface area contributed by atoms with E-state index in [4.69, 9.17) is 17.3 Å². The van der Waals surface area contributed by atoms with Gasteiger partial charge in [0.2, 0.25) is 0 Å². The van der Waals surface area contributed by atoms with Gasteiger partial charge in [-0.3, -0.25) is 23.9 Å². The van der Waals surface area contributed by atoms with E-state index in [0.29, 0.717) is 58.9 Å². The number of carboxylic acid groups (broad SMARTS) is 1. The molecule has 2 fully saturated rings. The van der Waals surface area contributed by atoms with E-state index < -0.39 is 5.97 Å². The Kier molecular flexibility index (Phi) is 9.83. The smallest absolute Gasteiger partial charge is 0.303 e. The highest BCUT2D eigenvalue weighted by molar-refractivity contribution is 8.26. The van der Waals surface area contributed by atoms with Crippen molar-refractivity contribution in [3.8, 4) is 6.07 Å². The van der Waals surface area contributed by atoms with Crippen LogP contribution in [0.2, 0.25) is 0 Å². The minimum absolute atomic E-state index is 0.0398. The SMILES string of the molecule is CCCCn1c(N2CCN(c3ccc(F)cc3)CC2)c(C=C2SC(=S)N(CCCC(=O)O)C2=O)c(C)c(C#N)c1=O. The molecule has 0 radical (unpaired) electrons. The maximum absolute atomic E-state index is 13.5. The Morgan fingerprint density at radius 3 is 2.39 bits per heavy atom. The second-order valence-corrected chi connectivity index (χ2v) is 11.6. The van der Waals surface area contributed by atoms with E-state index in [1.165, 1.54) is 17.0 Å². The molecular weight excluding hydrogens is 565 g/mol. The standard InChI is InChI=1S/C29H32FN5O4S2/c1-3-4-11-34-26(33-15-13-32(14-16-33)21-9-7-20(30)8-10-21)22(19(2)23(18-31)27(34)38)17-24-28(39)35(29(40)41-24)12-5-6-25(36)37/h7-10,17H,3-6,11-16H2,1-2H3,(H,36,37). The van der Waals surface area contributed by atoms with Gasteiger partial charge in [-0.25, -0.2) is 4.39 Å². The van der Waals surface area contributed by atoms with E-state index in [1.54, 1.807) is 29.7 Å². The highest BCUT2D eigenvalue weighted by Gasteiger charge is 2.33. The van der Waals surface area contributed by atoms with Crippen molar-refractivity contribution in [3.63, 3.8) is 0 Å². The van der Waals surface area contributed by atoms with Gasteiger partial charge < -0.3 is 14.9 Å². The van der Waals surface area contributed by atoms with Gasteiger partial charge in [0, 0.05) is 56.9 Å². The molecule has 0 aliphatic carbocycles. The molecule has 12 heteroatoms. The first-order valence-corrected chi connectivity index (χ1v) is 14.8. The summed E-state index contributed by atoms with van der Waals surface area (Å²) in [6.07, 6.45) is 3.51. The number of aromatic nitrogens is 1. The Morgan fingerprint density at radius 1 is 1.12 bits per heavy atom. The number of pyridine rings is 1. The summed E-state index contributed by atoms with van der Waals surface area (Å²) in [5.74, 6) is -0.891. The lowest BCUT2D eigenvalue weighted by Crippen LogP contribution is -2.48. The molecule has 0 unspecified atom stereocenters. The Labute approximate surface area is 247 Å². The minimum atomic E-state index is -0.941. The van der Waals surface area contributed by atoms with Crippen LogP contribution in [0.15, 0.2) is 34.0 Å². The number of carbonyl (C=O) groups is 2. The van der Waals surface area contributed by atoms with Crippen molar-refractivity contribution in [1.82, 2.24) is 9.47 Å². The number of rotatable bonds is 10. The molecule has 0 atom stereocenters. The third-order valence-electron chi connectivity index (χ3n) is 7.27. The van der Waals surface area contributed by atoms with Gasteiger partial charge in [0.25, 0.3) is 11.5 Å². The highest BCUT2D eigenvalue weighted by atomic mass is 32.2. The van der Waals surface area contributed by atoms with Gasteiger partial charge in [-0.05, 0) is 55.7 Å². The van der Waals surface area contributed by atoms with Crippen LogP contribution in [0.25, 0.3) is 6.08 Å². The number of amides is 1. The van der Waals surface area contributed by atoms with Crippen molar-refractivity contribution >= 4 is 57.8 Å². The van der Waals surface area contributed by atoms with Crippen LogP contribution in [0.4, 0.5) is 15.9 Å². The van der Waals surface area contributed by atoms with Crippen LogP contribution in [0.3, 0.4) is 0 Å². The molecule has 0 spiro atoms. The van der Waals surface area contributed by atoms with Gasteiger partial charge in [-0.1, -0.05) is 37.3 Å². The zero-order valence-electron chi connectivity index (χ0n) is 23.1. The number of carbonyl (C=O) groups excluding carboxylic acids is 1. The number of benzene rings is 1. The molecule has 1 aromatic carbocycles. The molecule has 1 aromatic heterocycles. The van der Waals surface area contributed by atoms with Crippen molar-refractivity contribution in [2.75, 3.05) is 42.5 Å². The number of hydrogen-bond donors (Lipinski definition) is 1. The number of hydrogen-bond acceptors (Lipinski definition) is 8. The summed E-state index contributed by atoms with van der Waals surface area (Å²) in [7, 11) is 0. The molecule has 2 aliphatic rings. The van der Waals surface area contributed by atoms with E-state index in [2.05, 4.69) is 15.9 Å². The van der Waals surface area contributed by atoms with Crippen LogP contribution in [0, 0.1) is 24.1 Å². The van der Waals surface area contributed by atoms with Crippen molar-refractivity contribution in [2.24, 2.45) is 0 Å². The lowest BCUT2D eigenvalue weighted by Gasteiger charge is -2.39. The van der Waals surface area contributed by atoms with Crippen molar-refractivity contribution in [3.05, 3.63) is 62.0 Å². The number of aliphatic carboxylic acids is 1. The molecule has 0 saturated carbocycles. The first-order valence-electron chi connectivity index (χ1n) is 13.6. The van der Waals surface area contributed by atoms with E-state index >= 15 is 0 Å². The van der Waals surface area contributed by atoms with Crippen molar-refractivity contribution in [1.29, 1.82) is 5.26 Å². The fraction of sp³-hybridized carbons (Fsp3) is 0.414. The van der Waals surface area contributed by atoms with Crippen LogP contribution < -0.4 is 15.4 Å². The first kappa shape index (κ1) is 30.3. The molecule has 3 heterocycles. The van der Waals surface area contributed by atoms with Gasteiger partial charge in [0.15, 0.2) is 0 Å². The molecule has 9 nitrogen and oxygen atoms in total. The second-order valence-electron chi connectivity index (χ2n) is 9.94. The maximum Gasteiger partial charge on any atom is 0.303 e. The third kappa shape index (κ3) is 6.63. The zero-order valence-corrected chi connectivity index (χ0v) is 24.7. The molecule has 1 N–H and O–H groups in total. The van der Waals surface area contributed by atoms with E-state index in [9.17, 15) is 24.0 Å². The number of carboxylic acids is 1. The molecular formula is C29H32FN5O4S2. The Balaban J connectivity index is 1.74. The fourth-order valence-corrected chi connectivity index (χ4v) is 6.34. The van der Waals surface area contributed by atoms with Crippen LogP contribution in [-0.4, -0.2) is 63.5 Å². The van der Waals surface area contributed by atoms with Crippen LogP contribution >= 0.6 is 24.0 Å². The number of halogens is 1. The molecule has 2 aromatic rings. The molecule has 1 amide bonds. The Morgan fingerprint density at radius 2 is 1.78 bits per heavy atom. The number of nitrogens with zero attached hydrogens (tertiary/aromatic N) is 5. The van der Waals surface area contributed by atoms with Crippen molar-refractivity contribution < 1.29 is 19.1 Å². The minimum Gasteiger partial charge on any atom is -0.481 e. The molecule has 41 heavy (non-hydrogen) atoms.